The van der Waals surface area contributed by atoms with Crippen LogP contribution in [0.15, 0.2) is 0 Å². The highest BCUT2D eigenvalue weighted by Crippen LogP contribution is 2.45. The first-order chi connectivity index (χ1) is 40.7. The number of rotatable bonds is 66. The van der Waals surface area contributed by atoms with Crippen molar-refractivity contribution in [3.8, 4) is 0 Å². The van der Waals surface area contributed by atoms with E-state index in [1.54, 1.807) is 0 Å². The summed E-state index contributed by atoms with van der Waals surface area (Å²) in [5.74, 6) is -2.15. The Morgan fingerprint density at radius 2 is 0.536 bits per heavy atom. The van der Waals surface area contributed by atoms with Crippen LogP contribution in [0.3, 0.4) is 0 Å². The molecule has 5 atom stereocenters. The molecule has 19 heteroatoms. The lowest BCUT2D eigenvalue weighted by Crippen LogP contribution is -2.30. The topological polar surface area (TPSA) is 237 Å². The number of aliphatic hydroxyl groups excluding tert-OH is 1. The Morgan fingerprint density at radius 1 is 0.321 bits per heavy atom. The number of esters is 4. The molecule has 84 heavy (non-hydrogen) atoms. The highest BCUT2D eigenvalue weighted by molar-refractivity contribution is 7.47. The fraction of sp³-hybridized carbons (Fsp3) is 0.908. The second-order valence-corrected chi connectivity index (χ2v) is 26.1. The summed E-state index contributed by atoms with van der Waals surface area (Å²) in [4.78, 5) is 72.2. The van der Waals surface area contributed by atoms with Crippen LogP contribution in [0.25, 0.3) is 0 Å². The zero-order valence-electron chi connectivity index (χ0n) is 53.3. The summed E-state index contributed by atoms with van der Waals surface area (Å²) in [7, 11) is -9.89. The second-order valence-electron chi connectivity index (χ2n) is 23.2. The second kappa shape index (κ2) is 60.0. The van der Waals surface area contributed by atoms with Gasteiger partial charge in [0.1, 0.15) is 19.3 Å². The fourth-order valence-corrected chi connectivity index (χ4v) is 11.2. The molecule has 0 aliphatic carbocycles. The van der Waals surface area contributed by atoms with Crippen LogP contribution in [0.5, 0.6) is 0 Å². The van der Waals surface area contributed by atoms with Crippen molar-refractivity contribution in [2.45, 2.75) is 340 Å². The first-order valence-corrected chi connectivity index (χ1v) is 36.9. The number of carbonyl (C=O) groups is 4. The molecular formula is C65H124O17P2-2. The smallest absolute Gasteiger partial charge is 0.462 e. The quantitative estimate of drug-likeness (QED) is 0.0169. The Kier molecular flexibility index (Phi) is 58.6. The number of hydrogen-bond donors (Lipinski definition) is 3. The van der Waals surface area contributed by atoms with Gasteiger partial charge >= 0.3 is 39.5 Å². The van der Waals surface area contributed by atoms with Gasteiger partial charge in [-0.3, -0.25) is 37.3 Å². The molecule has 0 radical (unpaired) electrons. The van der Waals surface area contributed by atoms with Gasteiger partial charge in [-0.05, 0) is 25.7 Å². The molecule has 0 amide bonds. The van der Waals surface area contributed by atoms with Crippen molar-refractivity contribution < 1.29 is 80.2 Å². The maximum Gasteiger partial charge on any atom is 0.472 e. The molecule has 0 rings (SSSR count). The molecule has 0 fully saturated rings. The molecule has 0 spiro atoms. The highest BCUT2D eigenvalue weighted by atomic mass is 31.2. The monoisotopic (exact) mass is 1240 g/mol. The van der Waals surface area contributed by atoms with Crippen molar-refractivity contribution in [2.75, 3.05) is 39.6 Å². The summed E-state index contributed by atoms with van der Waals surface area (Å²) >= 11 is 0. The first-order valence-electron chi connectivity index (χ1n) is 33.9. The van der Waals surface area contributed by atoms with E-state index in [0.717, 1.165) is 122 Å². The predicted molar refractivity (Wildman–Crippen MR) is 335 cm³/mol. The zero-order valence-corrected chi connectivity index (χ0v) is 55.1. The zero-order chi connectivity index (χ0) is 61.9. The lowest BCUT2D eigenvalue weighted by atomic mass is 10.0. The van der Waals surface area contributed by atoms with Crippen LogP contribution in [0.4, 0.5) is 0 Å². The SMILES string of the molecule is [CH2-]CCCCCCCCCCCC(=O)OC[C@H](COP(=O)(O)OC[C@H](O)COP(=O)(O)OC[C@@H](COC(=O)CCCCCCCCCCC)OC(=O)CCCCCCCCCCCCCCCCC)OC(=O)CCCCCCCCCCC[CH2-]. The molecule has 0 aromatic carbocycles. The van der Waals surface area contributed by atoms with E-state index in [4.69, 9.17) is 37.0 Å². The number of phosphoric acid groups is 2. The molecule has 3 N–H and O–H groups in total. The molecule has 0 bridgehead atoms. The average molecular weight is 1240 g/mol. The van der Waals surface area contributed by atoms with Gasteiger partial charge in [0.25, 0.3) is 0 Å². The molecule has 17 nitrogen and oxygen atoms in total. The van der Waals surface area contributed by atoms with Crippen LogP contribution in [0, 0.1) is 13.8 Å². The Labute approximate surface area is 511 Å². The van der Waals surface area contributed by atoms with E-state index >= 15 is 0 Å². The normalized spacial score (nSPS) is 14.1. The van der Waals surface area contributed by atoms with Gasteiger partial charge in [0, 0.05) is 25.7 Å². The maximum atomic E-state index is 13.0. The largest absolute Gasteiger partial charge is 0.472 e. The molecule has 0 saturated carbocycles. The Balaban J connectivity index is 5.21. The summed E-state index contributed by atoms with van der Waals surface area (Å²) < 4.78 is 67.9. The van der Waals surface area contributed by atoms with Gasteiger partial charge in [-0.15, -0.1) is 0 Å². The number of ether oxygens (including phenoxy) is 4. The molecular weight excluding hydrogens is 1110 g/mol. The van der Waals surface area contributed by atoms with E-state index in [0.29, 0.717) is 25.7 Å². The molecule has 0 aliphatic rings. The number of unbranched alkanes of at least 4 members (excludes halogenated alkanes) is 40. The van der Waals surface area contributed by atoms with E-state index in [9.17, 15) is 43.2 Å². The Bertz CT molecular complexity index is 1620. The van der Waals surface area contributed by atoms with Gasteiger partial charge in [-0.1, -0.05) is 258 Å². The van der Waals surface area contributed by atoms with Gasteiger partial charge in [0.15, 0.2) is 12.2 Å². The van der Waals surface area contributed by atoms with Crippen molar-refractivity contribution in [2.24, 2.45) is 0 Å². The third-order valence-corrected chi connectivity index (χ3v) is 16.8. The van der Waals surface area contributed by atoms with Gasteiger partial charge in [0.05, 0.1) is 26.4 Å². The van der Waals surface area contributed by atoms with Crippen molar-refractivity contribution in [3.63, 3.8) is 0 Å². The van der Waals surface area contributed by atoms with Crippen LogP contribution in [0.1, 0.15) is 322 Å². The lowest BCUT2D eigenvalue weighted by molar-refractivity contribution is -0.161. The van der Waals surface area contributed by atoms with E-state index in [1.807, 2.05) is 0 Å². The van der Waals surface area contributed by atoms with Crippen molar-refractivity contribution in [3.05, 3.63) is 13.8 Å². The van der Waals surface area contributed by atoms with Crippen molar-refractivity contribution in [1.82, 2.24) is 0 Å². The van der Waals surface area contributed by atoms with Crippen LogP contribution < -0.4 is 0 Å². The summed E-state index contributed by atoms with van der Waals surface area (Å²) in [6.07, 6.45) is 44.5. The molecule has 0 aromatic heterocycles. The number of phosphoric ester groups is 2. The average Bonchev–Trinajstić information content (AvgIpc) is 3.64. The maximum absolute atomic E-state index is 13.0. The standard InChI is InChI=1S/C65H124O17P2/c1-5-9-13-17-21-25-28-29-30-31-32-36-40-44-48-52-65(70)82-60(55-75-62(67)49-45-41-37-33-24-20-16-12-8-4)57-79-83(71,72)77-53-59(66)54-78-84(73,74)80-58-61(81-64(69)51-47-43-39-35-27-23-19-15-11-7-3)56-76-63(68)50-46-42-38-34-26-22-18-14-10-6-2/h59-61,66H,2-3,5-58H2,1,4H3,(H,71,72)(H,73,74)/q-2/t59-,60-,61-/m1/s1. The van der Waals surface area contributed by atoms with E-state index in [1.165, 1.54) is 135 Å². The minimum Gasteiger partial charge on any atom is -0.462 e. The van der Waals surface area contributed by atoms with Crippen LogP contribution in [0.2, 0.25) is 0 Å². The number of carbonyl (C=O) groups excluding carboxylic acids is 4. The third kappa shape index (κ3) is 59.0. The number of hydrogen-bond acceptors (Lipinski definition) is 15. The summed E-state index contributed by atoms with van der Waals surface area (Å²) in [6, 6.07) is 0. The predicted octanol–water partition coefficient (Wildman–Crippen LogP) is 18.0. The van der Waals surface area contributed by atoms with Crippen molar-refractivity contribution in [1.29, 1.82) is 0 Å². The molecule has 0 saturated heterocycles. The number of aliphatic hydroxyl groups is 1. The minimum absolute atomic E-state index is 0.0972. The third-order valence-electron chi connectivity index (χ3n) is 14.9. The van der Waals surface area contributed by atoms with Crippen LogP contribution in [-0.2, 0) is 65.4 Å². The summed E-state index contributed by atoms with van der Waals surface area (Å²) in [6.45, 7) is 8.22. The first kappa shape index (κ1) is 82.1. The molecule has 0 aliphatic heterocycles. The van der Waals surface area contributed by atoms with Gasteiger partial charge in [-0.2, -0.15) is 12.8 Å². The Hall–Kier alpha value is -1.94. The fourth-order valence-electron chi connectivity index (χ4n) is 9.66. The van der Waals surface area contributed by atoms with Gasteiger partial charge in [-0.25, -0.2) is 9.13 Å². The lowest BCUT2D eigenvalue weighted by Gasteiger charge is -2.21. The van der Waals surface area contributed by atoms with Gasteiger partial charge in [0.2, 0.25) is 0 Å². The van der Waals surface area contributed by atoms with Crippen LogP contribution in [-0.4, -0.2) is 96.7 Å². The summed E-state index contributed by atoms with van der Waals surface area (Å²) in [5.41, 5.74) is 0. The molecule has 2 unspecified atom stereocenters. The molecule has 498 valence electrons. The molecule has 0 heterocycles. The Morgan fingerprint density at radius 3 is 0.786 bits per heavy atom. The minimum atomic E-state index is -4.95. The van der Waals surface area contributed by atoms with E-state index in [2.05, 4.69) is 27.7 Å². The van der Waals surface area contributed by atoms with E-state index < -0.39 is 97.5 Å². The molecule has 0 aromatic rings. The van der Waals surface area contributed by atoms with E-state index in [-0.39, 0.29) is 25.7 Å². The highest BCUT2D eigenvalue weighted by Gasteiger charge is 2.30. The van der Waals surface area contributed by atoms with Gasteiger partial charge < -0.3 is 47.7 Å². The van der Waals surface area contributed by atoms with Crippen LogP contribution >= 0.6 is 15.6 Å². The van der Waals surface area contributed by atoms with Crippen molar-refractivity contribution >= 4 is 39.5 Å². The summed E-state index contributed by atoms with van der Waals surface area (Å²) in [5, 5.41) is 10.5.